The molecular formula is C12H10F2I2O6. The summed E-state index contributed by atoms with van der Waals surface area (Å²) < 4.78 is 41.1. The molecule has 0 aliphatic rings. The van der Waals surface area contributed by atoms with Crippen LogP contribution in [-0.4, -0.2) is 43.5 Å². The van der Waals surface area contributed by atoms with Gasteiger partial charge in [-0.3, -0.25) is 0 Å². The number of ether oxygens (including phenoxy) is 3. The van der Waals surface area contributed by atoms with Crippen LogP contribution in [-0.2, 0) is 14.3 Å². The van der Waals surface area contributed by atoms with Gasteiger partial charge in [-0.05, 0) is 57.3 Å². The lowest BCUT2D eigenvalue weighted by atomic mass is 10.2. The van der Waals surface area contributed by atoms with Crippen LogP contribution >= 0.6 is 45.2 Å². The number of carboxylic acid groups (broad SMARTS) is 1. The molecule has 0 radical (unpaired) electrons. The first-order chi connectivity index (χ1) is 10.2. The van der Waals surface area contributed by atoms with Gasteiger partial charge in [0.2, 0.25) is 0 Å². The Balaban J connectivity index is 3.15. The SMILES string of the molecule is COCCOC(=O)c1cc(I)cc(I)c1OC(F)(F)C(=O)O. The summed E-state index contributed by atoms with van der Waals surface area (Å²) in [5.41, 5.74) is -0.284. The number of carboxylic acids is 1. The third-order valence-corrected chi connectivity index (χ3v) is 3.65. The maximum atomic E-state index is 13.3. The number of hydrogen-bond acceptors (Lipinski definition) is 5. The first kappa shape index (κ1) is 19.3. The highest BCUT2D eigenvalue weighted by Crippen LogP contribution is 2.33. The lowest BCUT2D eigenvalue weighted by molar-refractivity contribution is -0.211. The van der Waals surface area contributed by atoms with Crippen molar-refractivity contribution < 1.29 is 37.7 Å². The largest absolute Gasteiger partial charge is 0.501 e. The van der Waals surface area contributed by atoms with Crippen molar-refractivity contribution in [3.05, 3.63) is 24.8 Å². The van der Waals surface area contributed by atoms with Crippen LogP contribution in [0.5, 0.6) is 5.75 Å². The third-order valence-electron chi connectivity index (χ3n) is 2.23. The molecular weight excluding hydrogens is 532 g/mol. The van der Waals surface area contributed by atoms with Crippen LogP contribution in [0.25, 0.3) is 0 Å². The van der Waals surface area contributed by atoms with E-state index in [1.807, 2.05) is 22.6 Å². The fourth-order valence-electron chi connectivity index (χ4n) is 1.28. The number of carbonyl (C=O) groups is 2. The molecule has 0 fully saturated rings. The summed E-state index contributed by atoms with van der Waals surface area (Å²) in [6.07, 6.45) is -4.46. The molecule has 0 saturated carbocycles. The van der Waals surface area contributed by atoms with Gasteiger partial charge in [0.15, 0.2) is 5.75 Å². The van der Waals surface area contributed by atoms with Crippen molar-refractivity contribution in [3.8, 4) is 5.75 Å². The minimum Gasteiger partial charge on any atom is -0.474 e. The Morgan fingerprint density at radius 3 is 2.45 bits per heavy atom. The van der Waals surface area contributed by atoms with Crippen molar-refractivity contribution >= 4 is 57.1 Å². The maximum Gasteiger partial charge on any atom is 0.501 e. The molecule has 0 heterocycles. The molecule has 0 atom stereocenters. The van der Waals surface area contributed by atoms with E-state index in [0.29, 0.717) is 3.57 Å². The van der Waals surface area contributed by atoms with Crippen LogP contribution in [0.2, 0.25) is 0 Å². The van der Waals surface area contributed by atoms with Gasteiger partial charge in [0, 0.05) is 10.7 Å². The Hall–Kier alpha value is -0.760. The van der Waals surface area contributed by atoms with Crippen LogP contribution < -0.4 is 4.74 Å². The summed E-state index contributed by atoms with van der Waals surface area (Å²) in [5.74, 6) is -3.92. The number of alkyl halides is 2. The standard InChI is InChI=1S/C12H10F2I2O6/c1-20-2-3-21-10(17)7-4-6(15)5-8(16)9(7)22-12(13,14)11(18)19/h4-5H,2-3H2,1H3,(H,18,19). The zero-order valence-electron chi connectivity index (χ0n) is 11.1. The minimum atomic E-state index is -4.46. The number of rotatable bonds is 7. The van der Waals surface area contributed by atoms with Gasteiger partial charge in [-0.15, -0.1) is 0 Å². The van der Waals surface area contributed by atoms with Crippen molar-refractivity contribution in [1.82, 2.24) is 0 Å². The molecule has 1 rings (SSSR count). The first-order valence-electron chi connectivity index (χ1n) is 5.64. The lowest BCUT2D eigenvalue weighted by Crippen LogP contribution is -2.35. The zero-order chi connectivity index (χ0) is 16.9. The van der Waals surface area contributed by atoms with Crippen LogP contribution in [0.1, 0.15) is 10.4 Å². The van der Waals surface area contributed by atoms with Crippen LogP contribution in [0.15, 0.2) is 12.1 Å². The van der Waals surface area contributed by atoms with E-state index in [1.54, 1.807) is 22.6 Å². The Labute approximate surface area is 151 Å². The maximum absolute atomic E-state index is 13.3. The van der Waals surface area contributed by atoms with E-state index in [4.69, 9.17) is 14.6 Å². The third kappa shape index (κ3) is 5.15. The quantitative estimate of drug-likeness (QED) is 0.325. The van der Waals surface area contributed by atoms with Crippen molar-refractivity contribution in [2.45, 2.75) is 6.11 Å². The lowest BCUT2D eigenvalue weighted by Gasteiger charge is -2.17. The average molecular weight is 542 g/mol. The van der Waals surface area contributed by atoms with Crippen LogP contribution in [0, 0.1) is 7.14 Å². The number of esters is 1. The molecule has 0 amide bonds. The summed E-state index contributed by atoms with van der Waals surface area (Å²) in [6.45, 7) is 0.0559. The second-order valence-corrected chi connectivity index (χ2v) is 6.22. The van der Waals surface area contributed by atoms with Gasteiger partial charge in [-0.2, -0.15) is 8.78 Å². The highest BCUT2D eigenvalue weighted by atomic mass is 127. The van der Waals surface area contributed by atoms with Gasteiger partial charge in [0.25, 0.3) is 0 Å². The molecule has 1 aromatic rings. The van der Waals surface area contributed by atoms with Gasteiger partial charge < -0.3 is 19.3 Å². The molecule has 0 aliphatic carbocycles. The van der Waals surface area contributed by atoms with E-state index in [2.05, 4.69) is 4.74 Å². The van der Waals surface area contributed by atoms with Gasteiger partial charge in [-0.25, -0.2) is 9.59 Å². The van der Waals surface area contributed by atoms with Crippen molar-refractivity contribution in [3.63, 3.8) is 0 Å². The Bertz CT molecular complexity index is 579. The van der Waals surface area contributed by atoms with E-state index < -0.39 is 23.8 Å². The Morgan fingerprint density at radius 2 is 1.91 bits per heavy atom. The molecule has 10 heteroatoms. The number of hydrogen-bond donors (Lipinski definition) is 1. The average Bonchev–Trinajstić information content (AvgIpc) is 2.41. The number of halogens is 4. The van der Waals surface area contributed by atoms with E-state index >= 15 is 0 Å². The summed E-state index contributed by atoms with van der Waals surface area (Å²) in [7, 11) is 1.41. The molecule has 0 unspecified atom stereocenters. The van der Waals surface area contributed by atoms with E-state index in [0.717, 1.165) is 0 Å². The van der Waals surface area contributed by atoms with Gasteiger partial charge in [0.1, 0.15) is 12.2 Å². The monoisotopic (exact) mass is 542 g/mol. The van der Waals surface area contributed by atoms with E-state index in [-0.39, 0.29) is 22.3 Å². The number of benzene rings is 1. The highest BCUT2D eigenvalue weighted by molar-refractivity contribution is 14.1. The second-order valence-electron chi connectivity index (χ2n) is 3.82. The summed E-state index contributed by atoms with van der Waals surface area (Å²) in [4.78, 5) is 22.4. The molecule has 1 aromatic carbocycles. The number of carbonyl (C=O) groups excluding carboxylic acids is 1. The van der Waals surface area contributed by atoms with Crippen molar-refractivity contribution in [2.75, 3.05) is 20.3 Å². The minimum absolute atomic E-state index is 0.0772. The number of aliphatic carboxylic acids is 1. The molecule has 0 aliphatic heterocycles. The fourth-order valence-corrected chi connectivity index (χ4v) is 3.24. The van der Waals surface area contributed by atoms with Crippen LogP contribution in [0.4, 0.5) is 8.78 Å². The molecule has 22 heavy (non-hydrogen) atoms. The van der Waals surface area contributed by atoms with E-state index in [9.17, 15) is 18.4 Å². The summed E-state index contributed by atoms with van der Waals surface area (Å²) >= 11 is 3.55. The normalized spacial score (nSPS) is 11.1. The molecule has 1 N–H and O–H groups in total. The Kier molecular flexibility index (Phi) is 7.18. The second kappa shape index (κ2) is 8.19. The predicted molar refractivity (Wildman–Crippen MR) is 87.2 cm³/mol. The smallest absolute Gasteiger partial charge is 0.474 e. The zero-order valence-corrected chi connectivity index (χ0v) is 15.4. The molecule has 0 saturated heterocycles. The highest BCUT2D eigenvalue weighted by Gasteiger charge is 2.44. The Morgan fingerprint density at radius 1 is 1.27 bits per heavy atom. The first-order valence-corrected chi connectivity index (χ1v) is 7.80. The molecule has 0 bridgehead atoms. The van der Waals surface area contributed by atoms with Gasteiger partial charge in [-0.1, -0.05) is 0 Å². The van der Waals surface area contributed by atoms with Gasteiger partial charge >= 0.3 is 18.0 Å². The molecule has 122 valence electrons. The molecule has 0 aromatic heterocycles. The topological polar surface area (TPSA) is 82.1 Å². The van der Waals surface area contributed by atoms with Gasteiger partial charge in [0.05, 0.1) is 10.2 Å². The molecule has 6 nitrogen and oxygen atoms in total. The fraction of sp³-hybridized carbons (Fsp3) is 0.333. The van der Waals surface area contributed by atoms with Crippen LogP contribution in [0.3, 0.4) is 0 Å². The molecule has 0 spiro atoms. The van der Waals surface area contributed by atoms with Crippen molar-refractivity contribution in [2.24, 2.45) is 0 Å². The summed E-state index contributed by atoms with van der Waals surface area (Å²) in [6, 6.07) is 2.73. The van der Waals surface area contributed by atoms with E-state index in [1.165, 1.54) is 19.2 Å². The number of methoxy groups -OCH3 is 1. The van der Waals surface area contributed by atoms with Crippen molar-refractivity contribution in [1.29, 1.82) is 0 Å². The summed E-state index contributed by atoms with van der Waals surface area (Å²) in [5, 5.41) is 8.44. The predicted octanol–water partition coefficient (Wildman–Crippen LogP) is 2.76.